The predicted octanol–water partition coefficient (Wildman–Crippen LogP) is 2.25. The number of hydrogen-bond donors (Lipinski definition) is 2. The summed E-state index contributed by atoms with van der Waals surface area (Å²) in [6, 6.07) is 14.5. The smallest absolute Gasteiger partial charge is 0.258 e. The van der Waals surface area contributed by atoms with Crippen LogP contribution in [0.25, 0.3) is 0 Å². The third-order valence-corrected chi connectivity index (χ3v) is 5.16. The highest BCUT2D eigenvalue weighted by molar-refractivity contribution is 5.98. The van der Waals surface area contributed by atoms with E-state index in [1.165, 1.54) is 0 Å². The molecule has 2 aliphatic heterocycles. The lowest BCUT2D eigenvalue weighted by Crippen LogP contribution is -2.61. The molecule has 0 aromatic heterocycles. The molecule has 1 fully saturated rings. The number of likely N-dealkylation sites (tertiary alicyclic amines) is 1. The maximum atomic E-state index is 12.4. The second-order valence-corrected chi connectivity index (χ2v) is 7.10. The first-order valence-corrected chi connectivity index (χ1v) is 9.34. The van der Waals surface area contributed by atoms with E-state index < -0.39 is 5.72 Å². The molecule has 2 heterocycles. The van der Waals surface area contributed by atoms with E-state index in [0.29, 0.717) is 48.7 Å². The molecule has 2 N–H and O–H groups in total. The van der Waals surface area contributed by atoms with Crippen LogP contribution >= 0.6 is 0 Å². The van der Waals surface area contributed by atoms with Gasteiger partial charge in [0.2, 0.25) is 5.91 Å². The van der Waals surface area contributed by atoms with Gasteiger partial charge in [-0.05, 0) is 24.3 Å². The summed E-state index contributed by atoms with van der Waals surface area (Å²) < 4.78 is 11.3. The van der Waals surface area contributed by atoms with Crippen molar-refractivity contribution in [3.05, 3.63) is 54.1 Å². The van der Waals surface area contributed by atoms with Gasteiger partial charge < -0.3 is 20.1 Å². The van der Waals surface area contributed by atoms with Gasteiger partial charge in [-0.2, -0.15) is 0 Å². The Bertz CT molecular complexity index is 891. The molecule has 7 heteroatoms. The zero-order valence-corrected chi connectivity index (χ0v) is 15.7. The number of para-hydroxylation sites is 1. The van der Waals surface area contributed by atoms with Crippen LogP contribution in [0.4, 0.5) is 5.69 Å². The first kappa shape index (κ1) is 18.3. The Labute approximate surface area is 163 Å². The molecule has 146 valence electrons. The highest BCUT2D eigenvalue weighted by atomic mass is 16.5. The van der Waals surface area contributed by atoms with Gasteiger partial charge in [-0.15, -0.1) is 0 Å². The summed E-state index contributed by atoms with van der Waals surface area (Å²) in [5.41, 5.74) is 0.580. The first-order valence-electron chi connectivity index (χ1n) is 9.34. The Morgan fingerprint density at radius 3 is 2.79 bits per heavy atom. The van der Waals surface area contributed by atoms with Crippen LogP contribution in [0.1, 0.15) is 23.2 Å². The van der Waals surface area contributed by atoms with Gasteiger partial charge in [-0.1, -0.05) is 18.2 Å². The van der Waals surface area contributed by atoms with Gasteiger partial charge in [-0.3, -0.25) is 14.5 Å². The molecule has 0 radical (unpaired) electrons. The van der Waals surface area contributed by atoms with Gasteiger partial charge in [0.1, 0.15) is 11.5 Å². The quantitative estimate of drug-likeness (QED) is 0.849. The van der Waals surface area contributed by atoms with E-state index in [0.717, 1.165) is 0 Å². The number of amides is 2. The minimum absolute atomic E-state index is 0.0804. The number of carbonyl (C=O) groups excluding carboxylic acids is 2. The first-order chi connectivity index (χ1) is 13.6. The monoisotopic (exact) mass is 381 g/mol. The summed E-state index contributed by atoms with van der Waals surface area (Å²) >= 11 is 0. The fourth-order valence-corrected chi connectivity index (χ4v) is 3.66. The Morgan fingerprint density at radius 2 is 2.00 bits per heavy atom. The average Bonchev–Trinajstić information content (AvgIpc) is 2.70. The Morgan fingerprint density at radius 1 is 1.21 bits per heavy atom. The van der Waals surface area contributed by atoms with E-state index in [4.69, 9.17) is 9.47 Å². The van der Waals surface area contributed by atoms with E-state index >= 15 is 0 Å². The average molecular weight is 381 g/mol. The molecule has 2 aliphatic rings. The molecule has 2 aromatic carbocycles. The highest BCUT2D eigenvalue weighted by Crippen LogP contribution is 2.33. The number of carbonyl (C=O) groups is 2. The van der Waals surface area contributed by atoms with E-state index in [9.17, 15) is 9.59 Å². The van der Waals surface area contributed by atoms with E-state index in [-0.39, 0.29) is 18.4 Å². The predicted molar refractivity (Wildman–Crippen MR) is 105 cm³/mol. The fourth-order valence-electron chi connectivity index (χ4n) is 3.66. The van der Waals surface area contributed by atoms with Crippen LogP contribution < -0.4 is 20.1 Å². The number of ether oxygens (including phenoxy) is 2. The number of hydrogen-bond acceptors (Lipinski definition) is 5. The van der Waals surface area contributed by atoms with Gasteiger partial charge in [0.15, 0.2) is 5.72 Å². The molecule has 0 atom stereocenters. The van der Waals surface area contributed by atoms with Crippen LogP contribution in [0, 0.1) is 0 Å². The van der Waals surface area contributed by atoms with E-state index in [2.05, 4.69) is 15.5 Å². The molecule has 1 spiro atoms. The van der Waals surface area contributed by atoms with Crippen LogP contribution in [0.2, 0.25) is 0 Å². The van der Waals surface area contributed by atoms with Crippen molar-refractivity contribution in [2.24, 2.45) is 0 Å². The number of methoxy groups -OCH3 is 1. The van der Waals surface area contributed by atoms with Crippen LogP contribution in [-0.4, -0.2) is 49.2 Å². The molecule has 28 heavy (non-hydrogen) atoms. The topological polar surface area (TPSA) is 79.9 Å². The van der Waals surface area contributed by atoms with Gasteiger partial charge in [0.05, 0.1) is 19.2 Å². The zero-order chi connectivity index (χ0) is 19.6. The Kier molecular flexibility index (Phi) is 4.92. The summed E-state index contributed by atoms with van der Waals surface area (Å²) in [7, 11) is 1.59. The molecule has 0 unspecified atom stereocenters. The lowest BCUT2D eigenvalue weighted by molar-refractivity contribution is -0.118. The van der Waals surface area contributed by atoms with Gasteiger partial charge >= 0.3 is 0 Å². The summed E-state index contributed by atoms with van der Waals surface area (Å²) in [5, 5.41) is 5.91. The number of benzene rings is 2. The van der Waals surface area contributed by atoms with Crippen molar-refractivity contribution < 1.29 is 19.1 Å². The van der Waals surface area contributed by atoms with E-state index in [1.54, 1.807) is 19.2 Å². The fraction of sp³-hybridized carbons (Fsp3) is 0.333. The number of piperidine rings is 1. The molecule has 1 saturated heterocycles. The van der Waals surface area contributed by atoms with Gasteiger partial charge in [0, 0.05) is 37.7 Å². The Balaban J connectivity index is 1.33. The minimum atomic E-state index is -0.689. The van der Waals surface area contributed by atoms with Crippen LogP contribution in [0.3, 0.4) is 0 Å². The van der Waals surface area contributed by atoms with Crippen molar-refractivity contribution in [2.75, 3.05) is 32.1 Å². The molecular formula is C21H23N3O4. The number of rotatable bonds is 4. The standard InChI is InChI=1S/C21H23N3O4/c1-27-16-6-4-5-15(13-16)22-19(25)14-24-11-9-21(10-12-24)23-20(26)17-7-2-3-8-18(17)28-21/h2-8,13H,9-12,14H2,1H3,(H,22,25)(H,23,26). The van der Waals surface area contributed by atoms with Crippen molar-refractivity contribution in [1.29, 1.82) is 0 Å². The largest absolute Gasteiger partial charge is 0.497 e. The number of anilines is 1. The number of nitrogens with zero attached hydrogens (tertiary/aromatic N) is 1. The lowest BCUT2D eigenvalue weighted by Gasteiger charge is -2.44. The molecule has 0 bridgehead atoms. The number of nitrogens with one attached hydrogen (secondary N) is 2. The maximum Gasteiger partial charge on any atom is 0.258 e. The van der Waals surface area contributed by atoms with Gasteiger partial charge in [0.25, 0.3) is 5.91 Å². The third kappa shape index (κ3) is 3.80. The maximum absolute atomic E-state index is 12.4. The highest BCUT2D eigenvalue weighted by Gasteiger charge is 2.42. The normalized spacial score (nSPS) is 18.0. The van der Waals surface area contributed by atoms with Crippen LogP contribution in [0.5, 0.6) is 11.5 Å². The Hall–Kier alpha value is -3.06. The molecule has 2 amide bonds. The zero-order valence-electron chi connectivity index (χ0n) is 15.7. The third-order valence-electron chi connectivity index (χ3n) is 5.16. The summed E-state index contributed by atoms with van der Waals surface area (Å²) in [4.78, 5) is 26.8. The van der Waals surface area contributed by atoms with Crippen molar-refractivity contribution in [1.82, 2.24) is 10.2 Å². The molecular weight excluding hydrogens is 358 g/mol. The van der Waals surface area contributed by atoms with Gasteiger partial charge in [-0.25, -0.2) is 0 Å². The van der Waals surface area contributed by atoms with Crippen molar-refractivity contribution >= 4 is 17.5 Å². The minimum Gasteiger partial charge on any atom is -0.497 e. The molecule has 0 aliphatic carbocycles. The summed E-state index contributed by atoms with van der Waals surface area (Å²) in [6.45, 7) is 1.61. The molecule has 2 aromatic rings. The molecule has 4 rings (SSSR count). The van der Waals surface area contributed by atoms with E-state index in [1.807, 2.05) is 36.4 Å². The molecule has 7 nitrogen and oxygen atoms in total. The van der Waals surface area contributed by atoms with Crippen molar-refractivity contribution in [3.63, 3.8) is 0 Å². The summed E-state index contributed by atoms with van der Waals surface area (Å²) in [6.07, 6.45) is 1.25. The van der Waals surface area contributed by atoms with Crippen LogP contribution in [-0.2, 0) is 4.79 Å². The van der Waals surface area contributed by atoms with Crippen molar-refractivity contribution in [3.8, 4) is 11.5 Å². The second kappa shape index (κ2) is 7.52. The SMILES string of the molecule is COc1cccc(NC(=O)CN2CCC3(CC2)NC(=O)c2ccccc2O3)c1. The molecule has 0 saturated carbocycles. The van der Waals surface area contributed by atoms with Crippen molar-refractivity contribution in [2.45, 2.75) is 18.6 Å². The summed E-state index contributed by atoms with van der Waals surface area (Å²) in [5.74, 6) is 1.13. The van der Waals surface area contributed by atoms with Crippen LogP contribution in [0.15, 0.2) is 48.5 Å². The number of fused-ring (bicyclic) bond motifs is 1. The lowest BCUT2D eigenvalue weighted by atomic mass is 9.97. The second-order valence-electron chi connectivity index (χ2n) is 7.10.